The van der Waals surface area contributed by atoms with Gasteiger partial charge in [-0.3, -0.25) is 4.79 Å². The van der Waals surface area contributed by atoms with E-state index in [1.54, 1.807) is 18.7 Å². The van der Waals surface area contributed by atoms with Gasteiger partial charge >= 0.3 is 0 Å². The van der Waals surface area contributed by atoms with Crippen LogP contribution in [0.25, 0.3) is 0 Å². The number of carbonyl (C=O) groups excluding carboxylic acids is 1. The molecular formula is C9H8ClN5OS. The van der Waals surface area contributed by atoms with Crippen molar-refractivity contribution in [2.24, 2.45) is 7.05 Å². The van der Waals surface area contributed by atoms with Gasteiger partial charge in [-0.05, 0) is 18.7 Å². The molecule has 8 heteroatoms. The number of halogens is 1. The number of aryl methyl sites for hydroxylation is 2. The molecule has 2 rings (SSSR count). The van der Waals surface area contributed by atoms with Gasteiger partial charge in [-0.2, -0.15) is 5.10 Å². The molecule has 0 atom stereocenters. The lowest BCUT2D eigenvalue weighted by Crippen LogP contribution is -2.00. The Bertz CT molecular complexity index is 571. The first kappa shape index (κ1) is 12.0. The van der Waals surface area contributed by atoms with Gasteiger partial charge in [-0.15, -0.1) is 0 Å². The van der Waals surface area contributed by atoms with E-state index in [0.717, 1.165) is 0 Å². The quantitative estimate of drug-likeness (QED) is 0.621. The fourth-order valence-electron chi connectivity index (χ4n) is 1.16. The average molecular weight is 270 g/mol. The number of aromatic nitrogens is 5. The summed E-state index contributed by atoms with van der Waals surface area (Å²) in [6.45, 7) is 1.71. The zero-order chi connectivity index (χ0) is 12.4. The van der Waals surface area contributed by atoms with Crippen LogP contribution >= 0.6 is 23.4 Å². The second-order valence-corrected chi connectivity index (χ2v) is 4.48. The number of hydrogen-bond donors (Lipinski definition) is 0. The average Bonchev–Trinajstić information content (AvgIpc) is 2.64. The summed E-state index contributed by atoms with van der Waals surface area (Å²) < 4.78 is 1.59. The van der Waals surface area contributed by atoms with Gasteiger partial charge in [0.05, 0.1) is 5.56 Å². The van der Waals surface area contributed by atoms with Gasteiger partial charge in [0.1, 0.15) is 22.3 Å². The molecule has 0 fully saturated rings. The van der Waals surface area contributed by atoms with E-state index in [-0.39, 0.29) is 10.7 Å². The largest absolute Gasteiger partial charge is 0.298 e. The molecule has 0 radical (unpaired) electrons. The third kappa shape index (κ3) is 2.45. The van der Waals surface area contributed by atoms with E-state index in [2.05, 4.69) is 20.1 Å². The first-order valence-electron chi connectivity index (χ1n) is 4.63. The van der Waals surface area contributed by atoms with Crippen LogP contribution in [0, 0.1) is 6.92 Å². The van der Waals surface area contributed by atoms with Gasteiger partial charge in [0.2, 0.25) is 0 Å². The number of carbonyl (C=O) groups is 1. The molecule has 88 valence electrons. The maximum absolute atomic E-state index is 11.0. The van der Waals surface area contributed by atoms with Gasteiger partial charge in [0, 0.05) is 7.05 Å². The molecule has 0 spiro atoms. The van der Waals surface area contributed by atoms with Crippen molar-refractivity contribution in [2.45, 2.75) is 17.1 Å². The summed E-state index contributed by atoms with van der Waals surface area (Å²) in [5.41, 5.74) is 0.269. The molecule has 0 aromatic carbocycles. The molecule has 0 bridgehead atoms. The normalized spacial score (nSPS) is 10.5. The topological polar surface area (TPSA) is 73.6 Å². The maximum atomic E-state index is 11.0. The Kier molecular flexibility index (Phi) is 3.39. The number of aldehydes is 1. The summed E-state index contributed by atoms with van der Waals surface area (Å²) in [4.78, 5) is 23.1. The van der Waals surface area contributed by atoms with Crippen LogP contribution in [0.3, 0.4) is 0 Å². The summed E-state index contributed by atoms with van der Waals surface area (Å²) in [5, 5.41) is 5.19. The SMILES string of the molecule is Cc1nc(Cl)c(C=O)c(Sc2ncnn2C)n1. The van der Waals surface area contributed by atoms with Crippen molar-refractivity contribution in [3.8, 4) is 0 Å². The number of nitrogens with zero attached hydrogens (tertiary/aromatic N) is 5. The van der Waals surface area contributed by atoms with Gasteiger partial charge in [0.25, 0.3) is 0 Å². The monoisotopic (exact) mass is 269 g/mol. The van der Waals surface area contributed by atoms with E-state index in [1.807, 2.05) is 0 Å². The Labute approximate surface area is 106 Å². The predicted molar refractivity (Wildman–Crippen MR) is 62.3 cm³/mol. The standard InChI is InChI=1S/C9H8ClN5OS/c1-5-13-7(10)6(3-16)8(14-5)17-9-11-4-12-15(9)2/h3-4H,1-2H3. The Hall–Kier alpha value is -1.47. The first-order valence-corrected chi connectivity index (χ1v) is 5.82. The van der Waals surface area contributed by atoms with Crippen LogP contribution in [0.5, 0.6) is 0 Å². The molecule has 2 aromatic rings. The Morgan fingerprint density at radius 1 is 1.47 bits per heavy atom. The molecule has 0 amide bonds. The maximum Gasteiger partial charge on any atom is 0.192 e. The van der Waals surface area contributed by atoms with E-state index >= 15 is 0 Å². The van der Waals surface area contributed by atoms with Gasteiger partial charge < -0.3 is 0 Å². The van der Waals surface area contributed by atoms with Crippen molar-refractivity contribution in [3.63, 3.8) is 0 Å². The van der Waals surface area contributed by atoms with Crippen molar-refractivity contribution in [3.05, 3.63) is 22.9 Å². The smallest absolute Gasteiger partial charge is 0.192 e. The van der Waals surface area contributed by atoms with E-state index in [0.29, 0.717) is 22.3 Å². The van der Waals surface area contributed by atoms with E-state index in [1.165, 1.54) is 18.1 Å². The van der Waals surface area contributed by atoms with E-state index in [9.17, 15) is 4.79 Å². The van der Waals surface area contributed by atoms with Crippen molar-refractivity contribution < 1.29 is 4.79 Å². The minimum atomic E-state index is 0.150. The Balaban J connectivity index is 2.45. The minimum Gasteiger partial charge on any atom is -0.298 e. The highest BCUT2D eigenvalue weighted by atomic mass is 35.5. The van der Waals surface area contributed by atoms with Crippen molar-refractivity contribution in [1.82, 2.24) is 24.7 Å². The first-order chi connectivity index (χ1) is 8.11. The molecule has 6 nitrogen and oxygen atoms in total. The fourth-order valence-corrected chi connectivity index (χ4v) is 2.36. The van der Waals surface area contributed by atoms with Crippen LogP contribution in [-0.4, -0.2) is 31.0 Å². The summed E-state index contributed by atoms with van der Waals surface area (Å²) in [5.74, 6) is 0.505. The van der Waals surface area contributed by atoms with Crippen LogP contribution in [0.4, 0.5) is 0 Å². The summed E-state index contributed by atoms with van der Waals surface area (Å²) >= 11 is 7.10. The molecule has 0 unspecified atom stereocenters. The van der Waals surface area contributed by atoms with E-state index in [4.69, 9.17) is 11.6 Å². The molecule has 0 aliphatic rings. The fraction of sp³-hybridized carbons (Fsp3) is 0.222. The highest BCUT2D eigenvalue weighted by molar-refractivity contribution is 7.99. The molecule has 0 saturated carbocycles. The van der Waals surface area contributed by atoms with Crippen LogP contribution < -0.4 is 0 Å². The Morgan fingerprint density at radius 2 is 2.24 bits per heavy atom. The lowest BCUT2D eigenvalue weighted by atomic mass is 10.4. The molecule has 2 heterocycles. The molecule has 0 N–H and O–H groups in total. The van der Waals surface area contributed by atoms with Crippen LogP contribution in [0.1, 0.15) is 16.2 Å². The van der Waals surface area contributed by atoms with Crippen molar-refractivity contribution in [1.29, 1.82) is 0 Å². The lowest BCUT2D eigenvalue weighted by molar-refractivity contribution is 0.112. The van der Waals surface area contributed by atoms with Crippen molar-refractivity contribution in [2.75, 3.05) is 0 Å². The highest BCUT2D eigenvalue weighted by Crippen LogP contribution is 2.28. The second-order valence-electron chi connectivity index (χ2n) is 3.17. The molecule has 0 aliphatic carbocycles. The van der Waals surface area contributed by atoms with E-state index < -0.39 is 0 Å². The van der Waals surface area contributed by atoms with Gasteiger partial charge in [0.15, 0.2) is 11.4 Å². The molecular weight excluding hydrogens is 262 g/mol. The third-order valence-electron chi connectivity index (χ3n) is 1.95. The molecule has 0 aliphatic heterocycles. The third-order valence-corrected chi connectivity index (χ3v) is 3.30. The minimum absolute atomic E-state index is 0.150. The zero-order valence-corrected chi connectivity index (χ0v) is 10.7. The van der Waals surface area contributed by atoms with Crippen LogP contribution in [-0.2, 0) is 7.05 Å². The number of hydrogen-bond acceptors (Lipinski definition) is 6. The zero-order valence-electron chi connectivity index (χ0n) is 9.09. The molecule has 17 heavy (non-hydrogen) atoms. The second kappa shape index (κ2) is 4.80. The predicted octanol–water partition coefficient (Wildman–Crippen LogP) is 1.53. The van der Waals surface area contributed by atoms with Crippen LogP contribution in [0.15, 0.2) is 16.5 Å². The van der Waals surface area contributed by atoms with Gasteiger partial charge in [-0.25, -0.2) is 19.6 Å². The van der Waals surface area contributed by atoms with Crippen LogP contribution in [0.2, 0.25) is 5.15 Å². The molecule has 2 aromatic heterocycles. The van der Waals surface area contributed by atoms with Gasteiger partial charge in [-0.1, -0.05) is 11.6 Å². The summed E-state index contributed by atoms with van der Waals surface area (Å²) in [7, 11) is 1.76. The molecule has 0 saturated heterocycles. The van der Waals surface area contributed by atoms with Crippen molar-refractivity contribution >= 4 is 29.6 Å². The summed E-state index contributed by atoms with van der Waals surface area (Å²) in [6.07, 6.45) is 2.07. The number of rotatable bonds is 3. The summed E-state index contributed by atoms with van der Waals surface area (Å²) in [6, 6.07) is 0. The highest BCUT2D eigenvalue weighted by Gasteiger charge is 2.14. The lowest BCUT2D eigenvalue weighted by Gasteiger charge is -2.05. The Morgan fingerprint density at radius 3 is 2.82 bits per heavy atom.